The number of hydrogen-bond acceptors (Lipinski definition) is 4. The summed E-state index contributed by atoms with van der Waals surface area (Å²) < 4.78 is 5.48. The average Bonchev–Trinajstić information content (AvgIpc) is 3.14. The Morgan fingerprint density at radius 3 is 2.57 bits per heavy atom. The minimum absolute atomic E-state index is 0.0115. The first-order chi connectivity index (χ1) is 9.75. The lowest BCUT2D eigenvalue weighted by Crippen LogP contribution is -2.42. The van der Waals surface area contributed by atoms with Crippen LogP contribution in [0.4, 0.5) is 10.5 Å². The third kappa shape index (κ3) is 4.11. The Morgan fingerprint density at radius 1 is 1.43 bits per heavy atom. The quantitative estimate of drug-likeness (QED) is 0.894. The fraction of sp³-hybridized carbons (Fsp3) is 0.562. The molecule has 0 spiro atoms. The second-order valence-electron chi connectivity index (χ2n) is 6.79. The van der Waals surface area contributed by atoms with Crippen LogP contribution in [0.3, 0.4) is 0 Å². The fourth-order valence-corrected chi connectivity index (χ4v) is 2.18. The molecule has 0 unspecified atom stereocenters. The number of anilines is 1. The molecule has 5 heteroatoms. The van der Waals surface area contributed by atoms with Crippen molar-refractivity contribution in [3.8, 4) is 5.75 Å². The van der Waals surface area contributed by atoms with Crippen molar-refractivity contribution >= 4 is 11.8 Å². The van der Waals surface area contributed by atoms with Crippen LogP contribution in [0, 0.1) is 5.41 Å². The first kappa shape index (κ1) is 15.6. The van der Waals surface area contributed by atoms with Gasteiger partial charge in [0.05, 0.1) is 5.69 Å². The van der Waals surface area contributed by atoms with E-state index in [2.05, 4.69) is 0 Å². The van der Waals surface area contributed by atoms with Crippen molar-refractivity contribution in [1.29, 1.82) is 0 Å². The molecule has 5 nitrogen and oxygen atoms in total. The fourth-order valence-electron chi connectivity index (χ4n) is 2.18. The summed E-state index contributed by atoms with van der Waals surface area (Å²) in [6.45, 7) is 6.57. The SMILES string of the molecule is CC(C)(C)OC(=O)N(CC1(CN)CC1)c1cccc(O)c1. The molecule has 0 radical (unpaired) electrons. The molecule has 0 atom stereocenters. The van der Waals surface area contributed by atoms with Gasteiger partial charge in [-0.05, 0) is 52.3 Å². The zero-order valence-corrected chi connectivity index (χ0v) is 12.9. The van der Waals surface area contributed by atoms with E-state index in [1.54, 1.807) is 29.2 Å². The van der Waals surface area contributed by atoms with E-state index in [1.165, 1.54) is 0 Å². The van der Waals surface area contributed by atoms with Crippen LogP contribution in [0.2, 0.25) is 0 Å². The summed E-state index contributed by atoms with van der Waals surface area (Å²) in [5, 5.41) is 9.64. The van der Waals surface area contributed by atoms with Gasteiger partial charge >= 0.3 is 6.09 Å². The Hall–Kier alpha value is -1.75. The maximum absolute atomic E-state index is 12.5. The zero-order valence-electron chi connectivity index (χ0n) is 12.9. The lowest BCUT2D eigenvalue weighted by Gasteiger charge is -2.30. The van der Waals surface area contributed by atoms with Crippen molar-refractivity contribution in [3.63, 3.8) is 0 Å². The van der Waals surface area contributed by atoms with E-state index in [-0.39, 0.29) is 11.2 Å². The van der Waals surface area contributed by atoms with E-state index < -0.39 is 11.7 Å². The van der Waals surface area contributed by atoms with Gasteiger partial charge in [0.1, 0.15) is 11.4 Å². The summed E-state index contributed by atoms with van der Waals surface area (Å²) in [6, 6.07) is 6.64. The number of benzene rings is 1. The van der Waals surface area contributed by atoms with Crippen molar-refractivity contribution in [2.45, 2.75) is 39.2 Å². The summed E-state index contributed by atoms with van der Waals surface area (Å²) in [6.07, 6.45) is 1.62. The molecule has 1 aromatic carbocycles. The second kappa shape index (κ2) is 5.56. The molecule has 2 rings (SSSR count). The molecular formula is C16H24N2O3. The molecule has 1 aliphatic carbocycles. The highest BCUT2D eigenvalue weighted by atomic mass is 16.6. The van der Waals surface area contributed by atoms with Crippen LogP contribution in [0.15, 0.2) is 24.3 Å². The summed E-state index contributed by atoms with van der Waals surface area (Å²) in [4.78, 5) is 14.0. The number of nitrogens with zero attached hydrogens (tertiary/aromatic N) is 1. The molecule has 0 saturated heterocycles. The number of aromatic hydroxyl groups is 1. The van der Waals surface area contributed by atoms with Gasteiger partial charge in [-0.15, -0.1) is 0 Å². The standard InChI is InChI=1S/C16H24N2O3/c1-15(2,3)21-14(20)18(11-16(10-17)7-8-16)12-5-4-6-13(19)9-12/h4-6,9,19H,7-8,10-11,17H2,1-3H3. The maximum atomic E-state index is 12.5. The van der Waals surface area contributed by atoms with E-state index in [0.717, 1.165) is 12.8 Å². The number of rotatable bonds is 4. The highest BCUT2D eigenvalue weighted by Gasteiger charge is 2.44. The van der Waals surface area contributed by atoms with Crippen LogP contribution in [0.5, 0.6) is 5.75 Å². The van der Waals surface area contributed by atoms with E-state index in [9.17, 15) is 9.90 Å². The number of carbonyl (C=O) groups is 1. The Balaban J connectivity index is 2.24. The molecule has 1 aliphatic rings. The highest BCUT2D eigenvalue weighted by molar-refractivity contribution is 5.88. The molecule has 0 heterocycles. The lowest BCUT2D eigenvalue weighted by atomic mass is 10.1. The third-order valence-corrected chi connectivity index (χ3v) is 3.64. The minimum Gasteiger partial charge on any atom is -0.508 e. The molecule has 1 saturated carbocycles. The number of amides is 1. The lowest BCUT2D eigenvalue weighted by molar-refractivity contribution is 0.0573. The molecule has 1 aromatic rings. The topological polar surface area (TPSA) is 75.8 Å². The molecule has 1 amide bonds. The molecule has 0 aliphatic heterocycles. The van der Waals surface area contributed by atoms with Gasteiger partial charge in [-0.25, -0.2) is 4.79 Å². The van der Waals surface area contributed by atoms with Crippen molar-refractivity contribution in [1.82, 2.24) is 0 Å². The van der Waals surface area contributed by atoms with Crippen LogP contribution in [0.25, 0.3) is 0 Å². The predicted octanol–water partition coefficient (Wildman–Crippen LogP) is 2.87. The number of carbonyl (C=O) groups excluding carboxylic acids is 1. The van der Waals surface area contributed by atoms with Gasteiger partial charge in [0, 0.05) is 18.0 Å². The molecule has 116 valence electrons. The number of phenols is 1. The van der Waals surface area contributed by atoms with Crippen molar-refractivity contribution in [2.24, 2.45) is 11.1 Å². The van der Waals surface area contributed by atoms with E-state index in [0.29, 0.717) is 18.8 Å². The molecule has 1 fully saturated rings. The monoisotopic (exact) mass is 292 g/mol. The Morgan fingerprint density at radius 2 is 2.10 bits per heavy atom. The molecular weight excluding hydrogens is 268 g/mol. The Bertz CT molecular complexity index is 518. The van der Waals surface area contributed by atoms with Gasteiger partial charge in [-0.3, -0.25) is 4.90 Å². The highest BCUT2D eigenvalue weighted by Crippen LogP contribution is 2.46. The van der Waals surface area contributed by atoms with Crippen molar-refractivity contribution < 1.29 is 14.6 Å². The van der Waals surface area contributed by atoms with Crippen LogP contribution in [-0.2, 0) is 4.74 Å². The van der Waals surface area contributed by atoms with Gasteiger partial charge in [0.25, 0.3) is 0 Å². The Labute approximate surface area is 125 Å². The number of ether oxygens (including phenoxy) is 1. The van der Waals surface area contributed by atoms with E-state index in [1.807, 2.05) is 20.8 Å². The van der Waals surface area contributed by atoms with E-state index in [4.69, 9.17) is 10.5 Å². The van der Waals surface area contributed by atoms with Crippen LogP contribution in [-0.4, -0.2) is 29.9 Å². The van der Waals surface area contributed by atoms with Gasteiger partial charge in [-0.2, -0.15) is 0 Å². The third-order valence-electron chi connectivity index (χ3n) is 3.64. The molecule has 21 heavy (non-hydrogen) atoms. The first-order valence-electron chi connectivity index (χ1n) is 7.24. The molecule has 0 aromatic heterocycles. The second-order valence-corrected chi connectivity index (χ2v) is 6.79. The summed E-state index contributed by atoms with van der Waals surface area (Å²) >= 11 is 0. The molecule has 3 N–H and O–H groups in total. The van der Waals surface area contributed by atoms with Crippen molar-refractivity contribution in [3.05, 3.63) is 24.3 Å². The average molecular weight is 292 g/mol. The number of hydrogen-bond donors (Lipinski definition) is 2. The summed E-state index contributed by atoms with van der Waals surface area (Å²) in [7, 11) is 0. The zero-order chi connectivity index (χ0) is 15.7. The smallest absolute Gasteiger partial charge is 0.414 e. The van der Waals surface area contributed by atoms with Crippen molar-refractivity contribution in [2.75, 3.05) is 18.0 Å². The summed E-state index contributed by atoms with van der Waals surface area (Å²) in [5.41, 5.74) is 5.88. The van der Waals surface area contributed by atoms with E-state index >= 15 is 0 Å². The van der Waals surface area contributed by atoms with Gasteiger partial charge in [-0.1, -0.05) is 6.07 Å². The first-order valence-corrected chi connectivity index (χ1v) is 7.24. The molecule has 0 bridgehead atoms. The van der Waals surface area contributed by atoms with Crippen LogP contribution >= 0.6 is 0 Å². The van der Waals surface area contributed by atoms with Gasteiger partial charge in [0.2, 0.25) is 0 Å². The number of nitrogens with two attached hydrogens (primary N) is 1. The van der Waals surface area contributed by atoms with Crippen LogP contribution < -0.4 is 10.6 Å². The predicted molar refractivity (Wildman–Crippen MR) is 82.4 cm³/mol. The number of phenolic OH excluding ortho intramolecular Hbond substituents is 1. The van der Waals surface area contributed by atoms with Gasteiger partial charge in [0.15, 0.2) is 0 Å². The minimum atomic E-state index is -0.564. The summed E-state index contributed by atoms with van der Waals surface area (Å²) in [5.74, 6) is 0.124. The maximum Gasteiger partial charge on any atom is 0.414 e. The van der Waals surface area contributed by atoms with Gasteiger partial charge < -0.3 is 15.6 Å². The van der Waals surface area contributed by atoms with Crippen LogP contribution in [0.1, 0.15) is 33.6 Å². The normalized spacial score (nSPS) is 16.4. The Kier molecular flexibility index (Phi) is 4.14. The largest absolute Gasteiger partial charge is 0.508 e.